The third-order valence-corrected chi connectivity index (χ3v) is 3.91. The number of thiol groups is 1. The second-order valence-corrected chi connectivity index (χ2v) is 4.79. The number of benzene rings is 1. The van der Waals surface area contributed by atoms with Crippen molar-refractivity contribution in [3.63, 3.8) is 0 Å². The van der Waals surface area contributed by atoms with Gasteiger partial charge >= 0.3 is 0 Å². The number of nitrogens with zero attached hydrogens (tertiary/aromatic N) is 1. The lowest BCUT2D eigenvalue weighted by atomic mass is 10.1. The molecule has 0 aliphatic heterocycles. The average molecular weight is 246 g/mol. The largest absolute Gasteiger partial charge is 0.360 e. The van der Waals surface area contributed by atoms with Crippen LogP contribution in [-0.2, 0) is 5.75 Å². The first-order valence-corrected chi connectivity index (χ1v) is 6.51. The molecule has 0 radical (unpaired) electrons. The Morgan fingerprint density at radius 1 is 1.31 bits per heavy atom. The van der Waals surface area contributed by atoms with Gasteiger partial charge in [-0.1, -0.05) is 18.2 Å². The molecule has 0 saturated heterocycles. The van der Waals surface area contributed by atoms with Crippen LogP contribution >= 0.6 is 24.0 Å². The highest BCUT2D eigenvalue weighted by atomic mass is 32.1. The van der Waals surface area contributed by atoms with Gasteiger partial charge in [-0.15, -0.1) is 11.3 Å². The third kappa shape index (κ3) is 1.54. The van der Waals surface area contributed by atoms with E-state index in [0.29, 0.717) is 5.75 Å². The van der Waals surface area contributed by atoms with Gasteiger partial charge in [0, 0.05) is 33.8 Å². The van der Waals surface area contributed by atoms with Crippen LogP contribution in [0.1, 0.15) is 5.01 Å². The molecule has 0 amide bonds. The smallest absolute Gasteiger partial charge is 0.103 e. The first-order valence-electron chi connectivity index (χ1n) is 5.00. The lowest BCUT2D eigenvalue weighted by Gasteiger charge is -1.93. The van der Waals surface area contributed by atoms with E-state index >= 15 is 0 Å². The van der Waals surface area contributed by atoms with Crippen LogP contribution in [0.5, 0.6) is 0 Å². The number of hydrogen-bond donors (Lipinski definition) is 2. The summed E-state index contributed by atoms with van der Waals surface area (Å²) in [5.74, 6) is 0.701. The van der Waals surface area contributed by atoms with Gasteiger partial charge in [0.05, 0.1) is 5.69 Å². The maximum atomic E-state index is 4.54. The lowest BCUT2D eigenvalue weighted by Crippen LogP contribution is -1.77. The molecule has 0 aliphatic rings. The molecule has 0 aliphatic carbocycles. The Morgan fingerprint density at radius 2 is 2.19 bits per heavy atom. The molecule has 2 nitrogen and oxygen atoms in total. The van der Waals surface area contributed by atoms with E-state index < -0.39 is 0 Å². The molecule has 0 bridgehead atoms. The summed E-state index contributed by atoms with van der Waals surface area (Å²) in [5, 5.41) is 4.36. The second kappa shape index (κ2) is 3.96. The third-order valence-electron chi connectivity index (χ3n) is 2.55. The molecular formula is C12H10N2S2. The van der Waals surface area contributed by atoms with Gasteiger partial charge in [-0.05, 0) is 6.07 Å². The van der Waals surface area contributed by atoms with E-state index in [1.165, 1.54) is 10.9 Å². The van der Waals surface area contributed by atoms with Crippen LogP contribution in [0.25, 0.3) is 22.2 Å². The lowest BCUT2D eigenvalue weighted by molar-refractivity contribution is 1.28. The summed E-state index contributed by atoms with van der Waals surface area (Å²) in [6.07, 6.45) is 2.02. The number of rotatable bonds is 2. The Bertz CT molecular complexity index is 625. The summed E-state index contributed by atoms with van der Waals surface area (Å²) in [5.41, 5.74) is 3.35. The molecule has 0 atom stereocenters. The molecule has 2 aromatic heterocycles. The minimum absolute atomic E-state index is 0.701. The van der Waals surface area contributed by atoms with Gasteiger partial charge in [0.15, 0.2) is 0 Å². The fourth-order valence-electron chi connectivity index (χ4n) is 1.79. The Morgan fingerprint density at radius 3 is 3.00 bits per heavy atom. The van der Waals surface area contributed by atoms with Crippen LogP contribution in [0, 0.1) is 0 Å². The van der Waals surface area contributed by atoms with Crippen LogP contribution in [0.4, 0.5) is 0 Å². The first kappa shape index (κ1) is 9.93. The van der Waals surface area contributed by atoms with Gasteiger partial charge in [-0.2, -0.15) is 12.6 Å². The fraction of sp³-hybridized carbons (Fsp3) is 0.0833. The van der Waals surface area contributed by atoms with E-state index in [0.717, 1.165) is 16.2 Å². The van der Waals surface area contributed by atoms with Crippen molar-refractivity contribution >= 4 is 34.9 Å². The molecule has 2 heterocycles. The van der Waals surface area contributed by atoms with Crippen molar-refractivity contribution in [2.75, 3.05) is 0 Å². The first-order chi connectivity index (χ1) is 7.88. The summed E-state index contributed by atoms with van der Waals surface area (Å²) in [4.78, 5) is 7.80. The zero-order valence-corrected chi connectivity index (χ0v) is 10.2. The minimum atomic E-state index is 0.701. The molecular weight excluding hydrogens is 236 g/mol. The highest BCUT2D eigenvalue weighted by molar-refractivity contribution is 7.79. The summed E-state index contributed by atoms with van der Waals surface area (Å²) in [7, 11) is 0. The standard InChI is InChI=1S/C12H10N2S2/c15-6-12-14-11(7-16-12)9-5-13-10-4-2-1-3-8(9)10/h1-5,7,13,15H,6H2. The predicted octanol–water partition coefficient (Wildman–Crippen LogP) is 3.72. The highest BCUT2D eigenvalue weighted by Crippen LogP contribution is 2.29. The van der Waals surface area contributed by atoms with Gasteiger partial charge in [-0.25, -0.2) is 4.98 Å². The van der Waals surface area contributed by atoms with E-state index in [2.05, 4.69) is 40.1 Å². The van der Waals surface area contributed by atoms with Crippen molar-refractivity contribution in [1.29, 1.82) is 0 Å². The van der Waals surface area contributed by atoms with Gasteiger partial charge in [0.1, 0.15) is 5.01 Å². The Labute approximate surface area is 103 Å². The van der Waals surface area contributed by atoms with Crippen LogP contribution in [0.2, 0.25) is 0 Å². The molecule has 4 heteroatoms. The number of aromatic amines is 1. The van der Waals surface area contributed by atoms with Crippen LogP contribution in [0.3, 0.4) is 0 Å². The van der Waals surface area contributed by atoms with Crippen molar-refractivity contribution in [1.82, 2.24) is 9.97 Å². The molecule has 3 aromatic rings. The topological polar surface area (TPSA) is 28.7 Å². The number of para-hydroxylation sites is 1. The molecule has 0 fully saturated rings. The molecule has 0 saturated carbocycles. The minimum Gasteiger partial charge on any atom is -0.360 e. The van der Waals surface area contributed by atoms with Crippen molar-refractivity contribution in [2.45, 2.75) is 5.75 Å². The maximum Gasteiger partial charge on any atom is 0.103 e. The predicted molar refractivity (Wildman–Crippen MR) is 72.1 cm³/mol. The van der Waals surface area contributed by atoms with E-state index in [4.69, 9.17) is 0 Å². The molecule has 0 unspecified atom stereocenters. The quantitative estimate of drug-likeness (QED) is 0.663. The number of fused-ring (bicyclic) bond motifs is 1. The van der Waals surface area contributed by atoms with E-state index in [1.807, 2.05) is 18.3 Å². The van der Waals surface area contributed by atoms with Gasteiger partial charge in [-0.3, -0.25) is 0 Å². The van der Waals surface area contributed by atoms with E-state index in [1.54, 1.807) is 11.3 Å². The molecule has 16 heavy (non-hydrogen) atoms. The number of aromatic nitrogens is 2. The Balaban J connectivity index is 2.18. The maximum absolute atomic E-state index is 4.54. The molecule has 80 valence electrons. The van der Waals surface area contributed by atoms with Crippen LogP contribution in [-0.4, -0.2) is 9.97 Å². The summed E-state index contributed by atoms with van der Waals surface area (Å²) in [6, 6.07) is 8.26. The van der Waals surface area contributed by atoms with Crippen LogP contribution < -0.4 is 0 Å². The molecule has 0 spiro atoms. The Kier molecular flexibility index (Phi) is 2.46. The van der Waals surface area contributed by atoms with Gasteiger partial charge in [0.2, 0.25) is 0 Å². The monoisotopic (exact) mass is 246 g/mol. The molecule has 1 aromatic carbocycles. The Hall–Kier alpha value is -1.26. The highest BCUT2D eigenvalue weighted by Gasteiger charge is 2.08. The molecule has 3 rings (SSSR count). The van der Waals surface area contributed by atoms with Gasteiger partial charge in [0.25, 0.3) is 0 Å². The zero-order valence-electron chi connectivity index (χ0n) is 8.47. The summed E-state index contributed by atoms with van der Waals surface area (Å²) >= 11 is 5.89. The number of thiazole rings is 1. The van der Waals surface area contributed by atoms with Gasteiger partial charge < -0.3 is 4.98 Å². The summed E-state index contributed by atoms with van der Waals surface area (Å²) in [6.45, 7) is 0. The SMILES string of the molecule is SCc1nc(-c2c[nH]c3ccccc23)cs1. The van der Waals surface area contributed by atoms with Crippen molar-refractivity contribution in [2.24, 2.45) is 0 Å². The number of H-pyrrole nitrogens is 1. The average Bonchev–Trinajstić information content (AvgIpc) is 2.94. The molecule has 1 N–H and O–H groups in total. The fourth-order valence-corrected chi connectivity index (χ4v) is 2.74. The number of nitrogens with one attached hydrogen (secondary N) is 1. The number of hydrogen-bond acceptors (Lipinski definition) is 3. The zero-order chi connectivity index (χ0) is 11.0. The van der Waals surface area contributed by atoms with Crippen molar-refractivity contribution in [3.05, 3.63) is 40.8 Å². The van der Waals surface area contributed by atoms with Crippen LogP contribution in [0.15, 0.2) is 35.8 Å². The second-order valence-electron chi connectivity index (χ2n) is 3.53. The normalized spacial score (nSPS) is 11.1. The van der Waals surface area contributed by atoms with E-state index in [-0.39, 0.29) is 0 Å². The summed E-state index contributed by atoms with van der Waals surface area (Å²) < 4.78 is 0. The van der Waals surface area contributed by atoms with E-state index in [9.17, 15) is 0 Å². The van der Waals surface area contributed by atoms with Crippen molar-refractivity contribution < 1.29 is 0 Å². The van der Waals surface area contributed by atoms with Crippen molar-refractivity contribution in [3.8, 4) is 11.3 Å².